The predicted molar refractivity (Wildman–Crippen MR) is 60.9 cm³/mol. The Morgan fingerprint density at radius 1 is 1.33 bits per heavy atom. The summed E-state index contributed by atoms with van der Waals surface area (Å²) in [7, 11) is 0. The number of nitrogens with zero attached hydrogens (tertiary/aromatic N) is 1. The van der Waals surface area contributed by atoms with Crippen LogP contribution in [0.5, 0.6) is 0 Å². The first-order chi connectivity index (χ1) is 7.02. The second-order valence-corrected chi connectivity index (χ2v) is 4.92. The van der Waals surface area contributed by atoms with Gasteiger partial charge in [-0.25, -0.2) is 0 Å². The maximum Gasteiger partial charge on any atom is 0.142 e. The van der Waals surface area contributed by atoms with Crippen molar-refractivity contribution in [2.45, 2.75) is 33.7 Å². The largest absolute Gasteiger partial charge is 0.379 e. The van der Waals surface area contributed by atoms with Gasteiger partial charge in [-0.05, 0) is 13.8 Å². The van der Waals surface area contributed by atoms with Crippen molar-refractivity contribution < 1.29 is 9.53 Å². The summed E-state index contributed by atoms with van der Waals surface area (Å²) in [4.78, 5) is 14.2. The van der Waals surface area contributed by atoms with E-state index in [-0.39, 0.29) is 11.8 Å². The lowest BCUT2D eigenvalue weighted by Crippen LogP contribution is -2.39. The zero-order valence-corrected chi connectivity index (χ0v) is 10.3. The summed E-state index contributed by atoms with van der Waals surface area (Å²) < 4.78 is 5.50. The van der Waals surface area contributed by atoms with Crippen molar-refractivity contribution >= 4 is 5.78 Å². The van der Waals surface area contributed by atoms with Gasteiger partial charge in [-0.2, -0.15) is 0 Å². The van der Waals surface area contributed by atoms with Crippen LogP contribution in [0.3, 0.4) is 0 Å². The van der Waals surface area contributed by atoms with Gasteiger partial charge in [0.25, 0.3) is 0 Å². The van der Waals surface area contributed by atoms with E-state index in [4.69, 9.17) is 4.74 Å². The number of carbonyl (C=O) groups is 1. The number of rotatable bonds is 3. The van der Waals surface area contributed by atoms with Crippen molar-refractivity contribution in [1.82, 2.24) is 4.90 Å². The Kier molecular flexibility index (Phi) is 4.74. The van der Waals surface area contributed by atoms with Crippen molar-refractivity contribution in [2.75, 3.05) is 26.3 Å². The first kappa shape index (κ1) is 12.7. The van der Waals surface area contributed by atoms with E-state index in [2.05, 4.69) is 18.7 Å². The molecular formula is C12H23NO2. The third kappa shape index (κ3) is 3.58. The van der Waals surface area contributed by atoms with E-state index in [9.17, 15) is 4.79 Å². The number of ketones is 1. The lowest BCUT2D eigenvalue weighted by Gasteiger charge is -2.26. The Balaban J connectivity index is 2.60. The minimum atomic E-state index is 0.0647. The zero-order valence-electron chi connectivity index (χ0n) is 10.3. The molecule has 1 atom stereocenters. The Morgan fingerprint density at radius 3 is 2.53 bits per heavy atom. The van der Waals surface area contributed by atoms with E-state index in [1.165, 1.54) is 0 Å². The highest BCUT2D eigenvalue weighted by Gasteiger charge is 2.27. The Labute approximate surface area is 92.8 Å². The molecule has 0 spiro atoms. The average molecular weight is 213 g/mol. The molecule has 88 valence electrons. The quantitative estimate of drug-likeness (QED) is 0.712. The fraction of sp³-hybridized carbons (Fsp3) is 0.917. The zero-order chi connectivity index (χ0) is 11.4. The van der Waals surface area contributed by atoms with Gasteiger partial charge in [0.1, 0.15) is 5.78 Å². The highest BCUT2D eigenvalue weighted by atomic mass is 16.5. The summed E-state index contributed by atoms with van der Waals surface area (Å²) in [5.74, 6) is 0.517. The number of ether oxygens (including phenoxy) is 1. The van der Waals surface area contributed by atoms with Gasteiger partial charge in [-0.15, -0.1) is 0 Å². The predicted octanol–water partition coefficient (Wildman–Crippen LogP) is 1.57. The molecule has 1 fully saturated rings. The molecule has 1 aliphatic rings. The van der Waals surface area contributed by atoms with Crippen molar-refractivity contribution in [3.05, 3.63) is 0 Å². The van der Waals surface area contributed by atoms with Gasteiger partial charge < -0.3 is 4.74 Å². The first-order valence-electron chi connectivity index (χ1n) is 5.88. The summed E-state index contributed by atoms with van der Waals surface area (Å²) >= 11 is 0. The molecule has 0 aliphatic carbocycles. The van der Waals surface area contributed by atoms with E-state index in [1.807, 2.05) is 13.8 Å². The van der Waals surface area contributed by atoms with Gasteiger partial charge in [0.05, 0.1) is 19.1 Å². The number of hydrogen-bond donors (Lipinski definition) is 0. The number of hydrogen-bond acceptors (Lipinski definition) is 3. The van der Waals surface area contributed by atoms with Crippen molar-refractivity contribution in [2.24, 2.45) is 11.8 Å². The molecule has 3 nitrogen and oxygen atoms in total. The van der Waals surface area contributed by atoms with E-state index >= 15 is 0 Å². The molecule has 15 heavy (non-hydrogen) atoms. The van der Waals surface area contributed by atoms with E-state index in [0.29, 0.717) is 18.4 Å². The molecular weight excluding hydrogens is 190 g/mol. The molecule has 3 heteroatoms. The summed E-state index contributed by atoms with van der Waals surface area (Å²) in [5, 5.41) is 0. The van der Waals surface area contributed by atoms with Gasteiger partial charge in [-0.1, -0.05) is 13.8 Å². The van der Waals surface area contributed by atoms with Crippen LogP contribution in [0.4, 0.5) is 0 Å². The Hall–Kier alpha value is -0.410. The second kappa shape index (κ2) is 5.61. The molecule has 0 aromatic heterocycles. The van der Waals surface area contributed by atoms with Crippen molar-refractivity contribution in [3.63, 3.8) is 0 Å². The maximum atomic E-state index is 11.9. The van der Waals surface area contributed by atoms with Gasteiger partial charge >= 0.3 is 0 Å². The molecule has 0 saturated carbocycles. The average Bonchev–Trinajstić information content (AvgIpc) is 2.41. The Bertz CT molecular complexity index is 214. The minimum absolute atomic E-state index is 0.0647. The van der Waals surface area contributed by atoms with Crippen molar-refractivity contribution in [1.29, 1.82) is 0 Å². The van der Waals surface area contributed by atoms with Crippen LogP contribution in [0.2, 0.25) is 0 Å². The van der Waals surface area contributed by atoms with Crippen LogP contribution in [0, 0.1) is 11.8 Å². The fourth-order valence-electron chi connectivity index (χ4n) is 1.95. The van der Waals surface area contributed by atoms with Crippen molar-refractivity contribution in [3.8, 4) is 0 Å². The lowest BCUT2D eigenvalue weighted by atomic mass is 9.95. The SMILES string of the molecule is CC(C)C(=O)[C@@H]1COCCN(C(C)C)C1. The highest BCUT2D eigenvalue weighted by Crippen LogP contribution is 2.14. The smallest absolute Gasteiger partial charge is 0.142 e. The minimum Gasteiger partial charge on any atom is -0.379 e. The maximum absolute atomic E-state index is 11.9. The molecule has 0 aromatic rings. The summed E-state index contributed by atoms with van der Waals surface area (Å²) in [6, 6.07) is 0.495. The van der Waals surface area contributed by atoms with Gasteiger partial charge in [0.15, 0.2) is 0 Å². The van der Waals surface area contributed by atoms with Crippen LogP contribution in [-0.4, -0.2) is 43.0 Å². The van der Waals surface area contributed by atoms with Crippen LogP contribution in [0.1, 0.15) is 27.7 Å². The molecule has 1 rings (SSSR count). The summed E-state index contributed by atoms with van der Waals surface area (Å²) in [5.41, 5.74) is 0. The molecule has 1 saturated heterocycles. The van der Waals surface area contributed by atoms with Gasteiger partial charge in [-0.3, -0.25) is 9.69 Å². The van der Waals surface area contributed by atoms with E-state index in [0.717, 1.165) is 19.7 Å². The Morgan fingerprint density at radius 2 is 2.00 bits per heavy atom. The standard InChI is InChI=1S/C12H23NO2/c1-9(2)12(14)11-7-13(10(3)4)5-6-15-8-11/h9-11H,5-8H2,1-4H3/t11-/m0/s1. The molecule has 0 N–H and O–H groups in total. The van der Waals surface area contributed by atoms with Crippen LogP contribution in [0.15, 0.2) is 0 Å². The number of Topliss-reactive ketones (excluding diaryl/α,β-unsaturated/α-hetero) is 1. The molecule has 0 unspecified atom stereocenters. The molecule has 0 bridgehead atoms. The highest BCUT2D eigenvalue weighted by molar-refractivity contribution is 5.83. The normalized spacial score (nSPS) is 24.5. The van der Waals surface area contributed by atoms with E-state index in [1.54, 1.807) is 0 Å². The van der Waals surface area contributed by atoms with Gasteiger partial charge in [0, 0.05) is 25.0 Å². The molecule has 0 aromatic carbocycles. The molecule has 1 heterocycles. The van der Waals surface area contributed by atoms with E-state index < -0.39 is 0 Å². The fourth-order valence-corrected chi connectivity index (χ4v) is 1.95. The van der Waals surface area contributed by atoms with Gasteiger partial charge in [0.2, 0.25) is 0 Å². The summed E-state index contributed by atoms with van der Waals surface area (Å²) in [6.07, 6.45) is 0. The van der Waals surface area contributed by atoms with Crippen LogP contribution in [0.25, 0.3) is 0 Å². The number of carbonyl (C=O) groups excluding carboxylic acids is 1. The first-order valence-corrected chi connectivity index (χ1v) is 5.88. The third-order valence-corrected chi connectivity index (χ3v) is 3.00. The van der Waals surface area contributed by atoms with Crippen LogP contribution in [-0.2, 0) is 9.53 Å². The molecule has 0 radical (unpaired) electrons. The second-order valence-electron chi connectivity index (χ2n) is 4.92. The third-order valence-electron chi connectivity index (χ3n) is 3.00. The molecule has 1 aliphatic heterocycles. The monoisotopic (exact) mass is 213 g/mol. The topological polar surface area (TPSA) is 29.5 Å². The van der Waals surface area contributed by atoms with Crippen LogP contribution >= 0.6 is 0 Å². The molecule has 0 amide bonds. The summed E-state index contributed by atoms with van der Waals surface area (Å²) in [6.45, 7) is 11.4. The van der Waals surface area contributed by atoms with Crippen LogP contribution < -0.4 is 0 Å². The lowest BCUT2D eigenvalue weighted by molar-refractivity contribution is -0.127.